The summed E-state index contributed by atoms with van der Waals surface area (Å²) in [4.78, 5) is 12.2. The van der Waals surface area contributed by atoms with E-state index in [0.717, 1.165) is 22.6 Å². The van der Waals surface area contributed by atoms with E-state index < -0.39 is 0 Å². The van der Waals surface area contributed by atoms with Crippen molar-refractivity contribution in [1.29, 1.82) is 0 Å². The number of para-hydroxylation sites is 1. The minimum absolute atomic E-state index is 0.152. The maximum atomic E-state index is 12.2. The molecule has 0 spiro atoms. The Kier molecular flexibility index (Phi) is 4.20. The summed E-state index contributed by atoms with van der Waals surface area (Å²) in [6.07, 6.45) is 0. The lowest BCUT2D eigenvalue weighted by Gasteiger charge is -2.11. The third-order valence-electron chi connectivity index (χ3n) is 2.99. The molecule has 0 saturated heterocycles. The number of benzene rings is 2. The minimum Gasteiger partial charge on any atom is -0.497 e. The molecule has 2 aromatic carbocycles. The molecule has 0 aliphatic heterocycles. The minimum atomic E-state index is -0.152. The SMILES string of the molecule is C=C(C)c1ccccc1NC(=O)c1ccc(OC)cc1. The lowest BCUT2D eigenvalue weighted by molar-refractivity contribution is 0.102. The van der Waals surface area contributed by atoms with Gasteiger partial charge >= 0.3 is 0 Å². The highest BCUT2D eigenvalue weighted by Gasteiger charge is 2.09. The van der Waals surface area contributed by atoms with Crippen molar-refractivity contribution in [3.8, 4) is 5.75 Å². The fourth-order valence-electron chi connectivity index (χ4n) is 1.90. The number of allylic oxidation sites excluding steroid dienone is 1. The van der Waals surface area contributed by atoms with Crippen LogP contribution in [0.1, 0.15) is 22.8 Å². The molecule has 0 aliphatic carbocycles. The van der Waals surface area contributed by atoms with Gasteiger partial charge < -0.3 is 10.1 Å². The fraction of sp³-hybridized carbons (Fsp3) is 0.118. The molecule has 0 aliphatic rings. The van der Waals surface area contributed by atoms with E-state index in [2.05, 4.69) is 11.9 Å². The molecule has 0 unspecified atom stereocenters. The van der Waals surface area contributed by atoms with Crippen LogP contribution in [0.2, 0.25) is 0 Å². The topological polar surface area (TPSA) is 38.3 Å². The monoisotopic (exact) mass is 267 g/mol. The lowest BCUT2D eigenvalue weighted by Crippen LogP contribution is -2.12. The first kappa shape index (κ1) is 13.9. The zero-order chi connectivity index (χ0) is 14.5. The summed E-state index contributed by atoms with van der Waals surface area (Å²) in [5, 5.41) is 2.91. The van der Waals surface area contributed by atoms with Gasteiger partial charge in [-0.05, 0) is 42.8 Å². The van der Waals surface area contributed by atoms with E-state index in [4.69, 9.17) is 4.74 Å². The predicted molar refractivity (Wildman–Crippen MR) is 82.1 cm³/mol. The largest absolute Gasteiger partial charge is 0.497 e. The van der Waals surface area contributed by atoms with E-state index in [-0.39, 0.29) is 5.91 Å². The molecular formula is C17H17NO2. The molecule has 3 nitrogen and oxygen atoms in total. The van der Waals surface area contributed by atoms with E-state index in [1.807, 2.05) is 31.2 Å². The summed E-state index contributed by atoms with van der Waals surface area (Å²) < 4.78 is 5.07. The molecule has 20 heavy (non-hydrogen) atoms. The third kappa shape index (κ3) is 3.06. The number of carbonyl (C=O) groups is 1. The van der Waals surface area contributed by atoms with Gasteiger partial charge in [-0.3, -0.25) is 4.79 Å². The summed E-state index contributed by atoms with van der Waals surface area (Å²) in [5.41, 5.74) is 3.20. The third-order valence-corrected chi connectivity index (χ3v) is 2.99. The van der Waals surface area contributed by atoms with Gasteiger partial charge in [0.05, 0.1) is 7.11 Å². The van der Waals surface area contributed by atoms with E-state index in [1.54, 1.807) is 31.4 Å². The Labute approximate surface area is 118 Å². The zero-order valence-electron chi connectivity index (χ0n) is 11.6. The Morgan fingerprint density at radius 3 is 2.35 bits per heavy atom. The second-order valence-electron chi connectivity index (χ2n) is 4.51. The number of carbonyl (C=O) groups excluding carboxylic acids is 1. The summed E-state index contributed by atoms with van der Waals surface area (Å²) in [5.74, 6) is 0.574. The molecule has 0 atom stereocenters. The Balaban J connectivity index is 2.21. The van der Waals surface area contributed by atoms with Gasteiger partial charge in [0.25, 0.3) is 5.91 Å². The van der Waals surface area contributed by atoms with Gasteiger partial charge in [-0.25, -0.2) is 0 Å². The fourth-order valence-corrected chi connectivity index (χ4v) is 1.90. The number of rotatable bonds is 4. The highest BCUT2D eigenvalue weighted by atomic mass is 16.5. The summed E-state index contributed by atoms with van der Waals surface area (Å²) in [7, 11) is 1.60. The van der Waals surface area contributed by atoms with Crippen LogP contribution in [0.25, 0.3) is 5.57 Å². The first-order chi connectivity index (χ1) is 9.61. The average Bonchev–Trinajstić information content (AvgIpc) is 2.47. The summed E-state index contributed by atoms with van der Waals surface area (Å²) >= 11 is 0. The second-order valence-corrected chi connectivity index (χ2v) is 4.51. The number of methoxy groups -OCH3 is 1. The number of nitrogens with one attached hydrogen (secondary N) is 1. The average molecular weight is 267 g/mol. The van der Waals surface area contributed by atoms with Crippen LogP contribution < -0.4 is 10.1 Å². The van der Waals surface area contributed by atoms with Gasteiger partial charge in [0.2, 0.25) is 0 Å². The Morgan fingerprint density at radius 1 is 1.10 bits per heavy atom. The predicted octanol–water partition coefficient (Wildman–Crippen LogP) is 3.98. The van der Waals surface area contributed by atoms with Crippen LogP contribution in [-0.4, -0.2) is 13.0 Å². The van der Waals surface area contributed by atoms with Crippen molar-refractivity contribution in [1.82, 2.24) is 0 Å². The molecule has 0 aromatic heterocycles. The number of anilines is 1. The second kappa shape index (κ2) is 6.06. The van der Waals surface area contributed by atoms with Gasteiger partial charge in [0, 0.05) is 16.8 Å². The standard InChI is InChI=1S/C17H17NO2/c1-12(2)15-6-4-5-7-16(15)18-17(19)13-8-10-14(20-3)11-9-13/h4-11H,1H2,2-3H3,(H,18,19). The molecule has 1 amide bonds. The molecule has 0 fully saturated rings. The molecule has 0 saturated carbocycles. The van der Waals surface area contributed by atoms with Crippen LogP contribution in [0.5, 0.6) is 5.75 Å². The molecule has 2 aromatic rings. The number of hydrogen-bond acceptors (Lipinski definition) is 2. The van der Waals surface area contributed by atoms with Crippen molar-refractivity contribution < 1.29 is 9.53 Å². The highest BCUT2D eigenvalue weighted by Crippen LogP contribution is 2.22. The zero-order valence-corrected chi connectivity index (χ0v) is 11.6. The first-order valence-electron chi connectivity index (χ1n) is 6.32. The van der Waals surface area contributed by atoms with E-state index in [9.17, 15) is 4.79 Å². The Hall–Kier alpha value is -2.55. The quantitative estimate of drug-likeness (QED) is 0.910. The smallest absolute Gasteiger partial charge is 0.255 e. The van der Waals surface area contributed by atoms with Gasteiger partial charge in [-0.2, -0.15) is 0 Å². The number of amides is 1. The van der Waals surface area contributed by atoms with Crippen molar-refractivity contribution in [2.24, 2.45) is 0 Å². The van der Waals surface area contributed by atoms with Crippen LogP contribution in [0.3, 0.4) is 0 Å². The van der Waals surface area contributed by atoms with Crippen LogP contribution in [-0.2, 0) is 0 Å². The van der Waals surface area contributed by atoms with Crippen molar-refractivity contribution in [2.75, 3.05) is 12.4 Å². The maximum absolute atomic E-state index is 12.2. The number of hydrogen-bond donors (Lipinski definition) is 1. The lowest BCUT2D eigenvalue weighted by atomic mass is 10.1. The van der Waals surface area contributed by atoms with Crippen molar-refractivity contribution in [3.63, 3.8) is 0 Å². The maximum Gasteiger partial charge on any atom is 0.255 e. The van der Waals surface area contributed by atoms with E-state index >= 15 is 0 Å². The van der Waals surface area contributed by atoms with Crippen LogP contribution in [0.4, 0.5) is 5.69 Å². The molecule has 2 rings (SSSR count). The number of ether oxygens (including phenoxy) is 1. The Bertz CT molecular complexity index is 630. The van der Waals surface area contributed by atoms with Gasteiger partial charge in [-0.15, -0.1) is 0 Å². The molecule has 1 N–H and O–H groups in total. The molecule has 3 heteroatoms. The van der Waals surface area contributed by atoms with Crippen molar-refractivity contribution in [2.45, 2.75) is 6.92 Å². The molecule has 0 radical (unpaired) electrons. The summed E-state index contributed by atoms with van der Waals surface area (Å²) in [6, 6.07) is 14.6. The molecule has 0 heterocycles. The van der Waals surface area contributed by atoms with Gasteiger partial charge in [-0.1, -0.05) is 24.8 Å². The van der Waals surface area contributed by atoms with Crippen molar-refractivity contribution >= 4 is 17.2 Å². The van der Waals surface area contributed by atoms with Crippen LogP contribution in [0.15, 0.2) is 55.1 Å². The Morgan fingerprint density at radius 2 is 1.75 bits per heavy atom. The normalized spacial score (nSPS) is 9.90. The van der Waals surface area contributed by atoms with E-state index in [1.165, 1.54) is 0 Å². The highest BCUT2D eigenvalue weighted by molar-refractivity contribution is 6.05. The molecule has 102 valence electrons. The van der Waals surface area contributed by atoms with Crippen molar-refractivity contribution in [3.05, 3.63) is 66.2 Å². The molecular weight excluding hydrogens is 250 g/mol. The summed E-state index contributed by atoms with van der Waals surface area (Å²) in [6.45, 7) is 5.84. The molecule has 0 bridgehead atoms. The van der Waals surface area contributed by atoms with Crippen LogP contribution >= 0.6 is 0 Å². The first-order valence-corrected chi connectivity index (χ1v) is 6.32. The van der Waals surface area contributed by atoms with Gasteiger partial charge in [0.15, 0.2) is 0 Å². The van der Waals surface area contributed by atoms with Crippen LogP contribution in [0, 0.1) is 0 Å². The van der Waals surface area contributed by atoms with E-state index in [0.29, 0.717) is 5.56 Å². The van der Waals surface area contributed by atoms with Gasteiger partial charge in [0.1, 0.15) is 5.75 Å².